The molecule has 8 nitrogen and oxygen atoms in total. The number of thiazole rings is 1. The Bertz CT molecular complexity index is 1410. The largest absolute Gasteiger partial charge is 0.492 e. The van der Waals surface area contributed by atoms with Crippen LogP contribution < -0.4 is 30.1 Å². The number of terminal acetylenes is 1. The van der Waals surface area contributed by atoms with E-state index in [4.69, 9.17) is 11.2 Å². The third kappa shape index (κ3) is 7.52. The van der Waals surface area contributed by atoms with Gasteiger partial charge in [0.25, 0.3) is 11.5 Å². The van der Waals surface area contributed by atoms with Crippen molar-refractivity contribution in [2.75, 3.05) is 38.1 Å². The van der Waals surface area contributed by atoms with Gasteiger partial charge in [-0.3, -0.25) is 19.1 Å². The van der Waals surface area contributed by atoms with Gasteiger partial charge in [0.05, 0.1) is 6.54 Å². The number of benzene rings is 1. The molecule has 2 N–H and O–H groups in total. The molecule has 1 amide bonds. The zero-order valence-electron chi connectivity index (χ0n) is 20.3. The van der Waals surface area contributed by atoms with Crippen LogP contribution >= 0.6 is 11.3 Å². The van der Waals surface area contributed by atoms with Gasteiger partial charge in [-0.05, 0) is 45.0 Å². The Labute approximate surface area is 214 Å². The van der Waals surface area contributed by atoms with Gasteiger partial charge in [-0.1, -0.05) is 41.2 Å². The van der Waals surface area contributed by atoms with Crippen LogP contribution in [0.5, 0.6) is 5.75 Å². The average molecular weight is 504 g/mol. The lowest BCUT2D eigenvalue weighted by Crippen LogP contribution is -2.33. The molecule has 1 saturated heterocycles. The van der Waals surface area contributed by atoms with E-state index in [-0.39, 0.29) is 17.7 Å². The highest BCUT2D eigenvalue weighted by Gasteiger charge is 2.10. The van der Waals surface area contributed by atoms with E-state index in [2.05, 4.69) is 32.9 Å². The Hall–Kier alpha value is -3.97. The fourth-order valence-electron chi connectivity index (χ4n) is 3.68. The number of hydrogen-bond acceptors (Lipinski definition) is 7. The first kappa shape index (κ1) is 26.6. The summed E-state index contributed by atoms with van der Waals surface area (Å²) in [6.45, 7) is 5.98. The van der Waals surface area contributed by atoms with Crippen molar-refractivity contribution in [3.8, 4) is 24.2 Å². The van der Waals surface area contributed by atoms with Gasteiger partial charge in [0, 0.05) is 31.0 Å². The van der Waals surface area contributed by atoms with Crippen LogP contribution in [0.15, 0.2) is 40.8 Å². The van der Waals surface area contributed by atoms with Gasteiger partial charge in [0.1, 0.15) is 27.6 Å². The van der Waals surface area contributed by atoms with Gasteiger partial charge in [0.2, 0.25) is 0 Å². The van der Waals surface area contributed by atoms with Gasteiger partial charge in [0.15, 0.2) is 5.57 Å². The molecule has 9 heteroatoms. The Morgan fingerprint density at radius 1 is 1.31 bits per heavy atom. The molecule has 1 aromatic heterocycles. The van der Waals surface area contributed by atoms with E-state index in [9.17, 15) is 14.9 Å². The van der Waals surface area contributed by atoms with Gasteiger partial charge in [-0.2, -0.15) is 5.26 Å². The van der Waals surface area contributed by atoms with Crippen LogP contribution in [0.1, 0.15) is 26.2 Å². The van der Waals surface area contributed by atoms with Crippen molar-refractivity contribution in [1.29, 1.82) is 5.26 Å². The lowest BCUT2D eigenvalue weighted by molar-refractivity contribution is -0.116. The van der Waals surface area contributed by atoms with E-state index in [1.54, 1.807) is 19.2 Å². The summed E-state index contributed by atoms with van der Waals surface area (Å²) in [6, 6.07) is 9.40. The van der Waals surface area contributed by atoms with Crippen LogP contribution in [-0.2, 0) is 11.3 Å². The quantitative estimate of drug-likeness (QED) is 0.305. The van der Waals surface area contributed by atoms with Gasteiger partial charge in [-0.15, -0.1) is 6.42 Å². The van der Waals surface area contributed by atoms with E-state index in [0.29, 0.717) is 22.3 Å². The second-order valence-corrected chi connectivity index (χ2v) is 9.00. The van der Waals surface area contributed by atoms with Crippen LogP contribution in [0, 0.1) is 23.7 Å². The van der Waals surface area contributed by atoms with Crippen molar-refractivity contribution in [2.24, 2.45) is 0 Å². The normalized spacial score (nSPS) is 12.9. The van der Waals surface area contributed by atoms with Crippen molar-refractivity contribution in [1.82, 2.24) is 14.8 Å². The molecule has 0 aliphatic carbocycles. The number of amides is 1. The van der Waals surface area contributed by atoms with Gasteiger partial charge < -0.3 is 15.4 Å². The number of carbonyl (C=O) groups is 1. The minimum absolute atomic E-state index is 0.00512. The Morgan fingerprint density at radius 2 is 2.11 bits per heavy atom. The predicted molar refractivity (Wildman–Crippen MR) is 142 cm³/mol. The molecule has 2 heterocycles. The highest BCUT2D eigenvalue weighted by Crippen LogP contribution is 2.17. The maximum Gasteiger partial charge on any atom is 0.277 e. The molecule has 0 saturated carbocycles. The molecule has 186 valence electrons. The third-order valence-electron chi connectivity index (χ3n) is 5.52. The molecule has 0 spiro atoms. The summed E-state index contributed by atoms with van der Waals surface area (Å²) in [7, 11) is 0. The predicted octanol–water partition coefficient (Wildman–Crippen LogP) is 1.38. The van der Waals surface area contributed by atoms with E-state index < -0.39 is 5.91 Å². The number of aromatic nitrogens is 1. The molecule has 1 aromatic carbocycles. The highest BCUT2D eigenvalue weighted by atomic mass is 32.1. The van der Waals surface area contributed by atoms with Crippen LogP contribution in [0.25, 0.3) is 11.5 Å². The van der Waals surface area contributed by atoms with Gasteiger partial charge in [-0.25, -0.2) is 0 Å². The standard InChI is InChI=1S/C27H29N5O3S/c1-3-12-30-26(33)21(20-28)18-25-32(4-2)27(34)24(36-25)11-13-29-22-9-8-10-23(19-22)35-17-16-31-14-6-5-7-15-31/h1,8-10,13,19,29H,4-7,12,14-17H2,2H3,(H,30,33). The molecule has 0 bridgehead atoms. The smallest absolute Gasteiger partial charge is 0.277 e. The first-order chi connectivity index (χ1) is 17.5. The van der Waals surface area contributed by atoms with Crippen molar-refractivity contribution in [3.05, 3.63) is 55.6 Å². The minimum Gasteiger partial charge on any atom is -0.492 e. The molecule has 3 rings (SSSR count). The van der Waals surface area contributed by atoms with Crippen molar-refractivity contribution in [3.63, 3.8) is 0 Å². The average Bonchev–Trinajstić information content (AvgIpc) is 3.20. The topological polar surface area (TPSA) is 99.4 Å². The Kier molecular flexibility index (Phi) is 10.2. The number of nitrogens with zero attached hydrogens (tertiary/aromatic N) is 3. The highest BCUT2D eigenvalue weighted by molar-refractivity contribution is 7.07. The van der Waals surface area contributed by atoms with Crippen molar-refractivity contribution < 1.29 is 9.53 Å². The molecular formula is C27H29N5O3S. The van der Waals surface area contributed by atoms with E-state index in [1.807, 2.05) is 24.3 Å². The number of anilines is 1. The van der Waals surface area contributed by atoms with Crippen molar-refractivity contribution in [2.45, 2.75) is 32.7 Å². The zero-order chi connectivity index (χ0) is 25.8. The fourth-order valence-corrected chi connectivity index (χ4v) is 4.66. The number of nitrogens with one attached hydrogen (secondary N) is 2. The molecule has 2 aromatic rings. The zero-order valence-corrected chi connectivity index (χ0v) is 21.1. The number of likely N-dealkylation sites (tertiary alicyclic amines) is 1. The number of nitriles is 1. The summed E-state index contributed by atoms with van der Waals surface area (Å²) >= 11 is 1.09. The molecule has 0 radical (unpaired) electrons. The van der Waals surface area contributed by atoms with Crippen molar-refractivity contribution >= 4 is 34.4 Å². The maximum atomic E-state index is 12.8. The monoisotopic (exact) mass is 503 g/mol. The summed E-state index contributed by atoms with van der Waals surface area (Å²) in [4.78, 5) is 27.3. The molecule has 1 aliphatic rings. The molecule has 36 heavy (non-hydrogen) atoms. The molecular weight excluding hydrogens is 474 g/mol. The summed E-state index contributed by atoms with van der Waals surface area (Å²) in [5.41, 5.74) is 5.97. The number of hydrogen-bond donors (Lipinski definition) is 2. The second kappa shape index (κ2) is 13.8. The van der Waals surface area contributed by atoms with Gasteiger partial charge >= 0.3 is 0 Å². The van der Waals surface area contributed by atoms with Crippen LogP contribution in [0.3, 0.4) is 0 Å². The Morgan fingerprint density at radius 3 is 2.83 bits per heavy atom. The Balaban J connectivity index is 1.77. The molecule has 0 atom stereocenters. The lowest BCUT2D eigenvalue weighted by atomic mass is 10.1. The van der Waals surface area contributed by atoms with Crippen LogP contribution in [0.2, 0.25) is 0 Å². The number of piperidine rings is 1. The van der Waals surface area contributed by atoms with E-state index in [0.717, 1.165) is 42.4 Å². The summed E-state index contributed by atoms with van der Waals surface area (Å²) in [5, 5.41) is 14.9. The van der Waals surface area contributed by atoms with E-state index >= 15 is 0 Å². The second-order valence-electron chi connectivity index (χ2n) is 8.00. The molecule has 1 fully saturated rings. The fraction of sp³-hybridized carbons (Fsp3) is 0.370. The van der Waals surface area contributed by atoms with Crippen LogP contribution in [-0.4, -0.2) is 48.2 Å². The summed E-state index contributed by atoms with van der Waals surface area (Å²) in [5.74, 6) is 2.40. The van der Waals surface area contributed by atoms with Crippen LogP contribution in [0.4, 0.5) is 5.69 Å². The number of carbonyl (C=O) groups excluding carboxylic acids is 1. The summed E-state index contributed by atoms with van der Waals surface area (Å²) in [6.07, 6.45) is 10.5. The number of ether oxygens (including phenoxy) is 1. The maximum absolute atomic E-state index is 12.8. The molecule has 1 aliphatic heterocycles. The van der Waals surface area contributed by atoms with E-state index in [1.165, 1.54) is 23.8 Å². The minimum atomic E-state index is -0.639. The SMILES string of the molecule is C#CCNC(=O)C(=C=c1sc(=C=CNc2cccc(OCCN3CCCCC3)c2)c(=O)n1CC)C#N. The molecule has 0 unspecified atom stereocenters. The first-order valence-corrected chi connectivity index (χ1v) is 12.7. The number of rotatable bonds is 9. The summed E-state index contributed by atoms with van der Waals surface area (Å²) < 4.78 is 8.02. The lowest BCUT2D eigenvalue weighted by Gasteiger charge is -2.26. The first-order valence-electron chi connectivity index (χ1n) is 11.8. The third-order valence-corrected chi connectivity index (χ3v) is 6.53.